The number of rotatable bonds is 9. The second-order valence-electron chi connectivity index (χ2n) is 20.4. The molecule has 0 atom stereocenters. The zero-order valence-corrected chi connectivity index (χ0v) is 44.4. The van der Waals surface area contributed by atoms with Gasteiger partial charge in [-0.25, -0.2) is 0 Å². The average Bonchev–Trinajstić information content (AvgIpc) is 3.31. The van der Waals surface area contributed by atoms with Crippen LogP contribution in [0.25, 0.3) is 32.7 Å². The van der Waals surface area contributed by atoms with Crippen LogP contribution in [0.4, 0.5) is 0 Å². The van der Waals surface area contributed by atoms with Gasteiger partial charge in [0.15, 0.2) is 0 Å². The lowest BCUT2D eigenvalue weighted by Crippen LogP contribution is -2.14. The molecule has 0 amide bonds. The molecular formula is C62H64O6P2. The highest BCUT2D eigenvalue weighted by molar-refractivity contribution is 7.43. The van der Waals surface area contributed by atoms with Crippen LogP contribution in [0.15, 0.2) is 121 Å². The van der Waals surface area contributed by atoms with Crippen LogP contribution in [0.5, 0.6) is 34.5 Å². The van der Waals surface area contributed by atoms with Crippen LogP contribution < -0.4 is 27.1 Å². The molecule has 8 heteroatoms. The van der Waals surface area contributed by atoms with Gasteiger partial charge in [-0.2, -0.15) is 0 Å². The van der Waals surface area contributed by atoms with Crippen molar-refractivity contribution >= 4 is 38.7 Å². The molecule has 0 radical (unpaired) electrons. The standard InChI is InChI=1S/C62H64O6P2/c1-35(2)45-27-21-39(9)51-33-52-40(10)22-28-46(36(3)4)60(52)66-69(65-59(45)51)63-55-31-25-43-17-13-15-19-49(43)57(55)58-50-20-16-14-18-44(50)26-32-56(58)64-70-67-61-47(37(5)6)29-23-41(11)53(61)34-54-42(12)24-30-48(38(7)8)62(54)68-70/h13-32,35-38H,33-34H2,1-12H3. The van der Waals surface area contributed by atoms with Crippen LogP contribution in [0.3, 0.4) is 0 Å². The predicted molar refractivity (Wildman–Crippen MR) is 291 cm³/mol. The molecule has 2 aliphatic rings. The Morgan fingerprint density at radius 2 is 0.643 bits per heavy atom. The van der Waals surface area contributed by atoms with E-state index < -0.39 is 17.2 Å². The van der Waals surface area contributed by atoms with Gasteiger partial charge in [-0.15, -0.1) is 0 Å². The van der Waals surface area contributed by atoms with Crippen LogP contribution in [-0.4, -0.2) is 0 Å². The number of benzene rings is 8. The van der Waals surface area contributed by atoms with Crippen molar-refractivity contribution in [2.75, 3.05) is 0 Å². The number of hydrogen-bond acceptors (Lipinski definition) is 6. The van der Waals surface area contributed by atoms with Crippen LogP contribution in [-0.2, 0) is 12.8 Å². The highest BCUT2D eigenvalue weighted by atomic mass is 31.2. The Balaban J connectivity index is 1.18. The quantitative estimate of drug-likeness (QED) is 0.134. The molecule has 0 saturated carbocycles. The molecule has 2 aliphatic heterocycles. The Bertz CT molecular complexity index is 2960. The van der Waals surface area contributed by atoms with E-state index in [1.165, 1.54) is 22.3 Å². The van der Waals surface area contributed by atoms with Crippen LogP contribution >= 0.6 is 17.2 Å². The lowest BCUT2D eigenvalue weighted by molar-refractivity contribution is 0.374. The first-order valence-corrected chi connectivity index (χ1v) is 27.1. The Labute approximate surface area is 417 Å². The summed E-state index contributed by atoms with van der Waals surface area (Å²) in [7, 11) is -4.16. The van der Waals surface area contributed by atoms with Gasteiger partial charge in [0.1, 0.15) is 34.5 Å². The second-order valence-corrected chi connectivity index (χ2v) is 22.4. The summed E-state index contributed by atoms with van der Waals surface area (Å²) in [6.45, 7) is 26.5. The maximum absolute atomic E-state index is 7.39. The first-order valence-electron chi connectivity index (χ1n) is 24.9. The van der Waals surface area contributed by atoms with Crippen molar-refractivity contribution in [3.8, 4) is 45.6 Å². The summed E-state index contributed by atoms with van der Waals surface area (Å²) in [5.41, 5.74) is 15.6. The molecule has 8 aromatic carbocycles. The van der Waals surface area contributed by atoms with Gasteiger partial charge in [0.25, 0.3) is 0 Å². The van der Waals surface area contributed by atoms with Gasteiger partial charge in [0, 0.05) is 46.2 Å². The SMILES string of the molecule is Cc1ccc(C(C)C)c2c1Cc1c(C)ccc(C(C)C)c1OP(Oc1ccc3ccccc3c1-c1c(OP3Oc4c(C(C)C)ccc(C)c4Cc4c(C)ccc(C(C)C)c4O3)ccc3ccccc13)O2. The smallest absolute Gasteiger partial charge is 0.408 e. The number of fused-ring (bicyclic) bond motifs is 6. The lowest BCUT2D eigenvalue weighted by atomic mass is 9.89. The summed E-state index contributed by atoms with van der Waals surface area (Å²) in [6, 6.07) is 43.0. The van der Waals surface area contributed by atoms with Crippen molar-refractivity contribution < 1.29 is 27.1 Å². The third-order valence-electron chi connectivity index (χ3n) is 14.3. The van der Waals surface area contributed by atoms with E-state index in [0.29, 0.717) is 24.3 Å². The minimum Gasteiger partial charge on any atom is -0.408 e. The molecule has 0 spiro atoms. The van der Waals surface area contributed by atoms with Crippen molar-refractivity contribution in [2.24, 2.45) is 0 Å². The fourth-order valence-corrected chi connectivity index (χ4v) is 12.5. The van der Waals surface area contributed by atoms with E-state index in [1.807, 2.05) is 0 Å². The molecule has 0 saturated heterocycles. The molecule has 10 rings (SSSR count). The second kappa shape index (κ2) is 19.3. The van der Waals surface area contributed by atoms with Crippen LogP contribution in [0.2, 0.25) is 0 Å². The predicted octanol–water partition coefficient (Wildman–Crippen LogP) is 18.7. The molecule has 8 aromatic rings. The summed E-state index contributed by atoms with van der Waals surface area (Å²) in [4.78, 5) is 0. The number of aryl methyl sites for hydroxylation is 4. The van der Waals surface area contributed by atoms with Crippen molar-refractivity contribution in [3.63, 3.8) is 0 Å². The average molecular weight is 967 g/mol. The van der Waals surface area contributed by atoms with Gasteiger partial charge in [-0.3, -0.25) is 0 Å². The van der Waals surface area contributed by atoms with E-state index >= 15 is 0 Å². The van der Waals surface area contributed by atoms with E-state index in [1.54, 1.807) is 0 Å². The van der Waals surface area contributed by atoms with Gasteiger partial charge >= 0.3 is 17.2 Å². The summed E-state index contributed by atoms with van der Waals surface area (Å²) >= 11 is 0. The molecule has 70 heavy (non-hydrogen) atoms. The molecule has 6 nitrogen and oxygen atoms in total. The first kappa shape index (κ1) is 47.6. The molecule has 0 bridgehead atoms. The van der Waals surface area contributed by atoms with Crippen LogP contribution in [0.1, 0.15) is 146 Å². The van der Waals surface area contributed by atoms with E-state index in [9.17, 15) is 0 Å². The van der Waals surface area contributed by atoms with Crippen molar-refractivity contribution in [3.05, 3.63) is 188 Å². The van der Waals surface area contributed by atoms with Gasteiger partial charge in [0.2, 0.25) is 0 Å². The zero-order chi connectivity index (χ0) is 49.1. The van der Waals surface area contributed by atoms with E-state index in [0.717, 1.165) is 100 Å². The van der Waals surface area contributed by atoms with Gasteiger partial charge < -0.3 is 27.1 Å². The molecule has 0 unspecified atom stereocenters. The van der Waals surface area contributed by atoms with Gasteiger partial charge in [-0.1, -0.05) is 165 Å². The van der Waals surface area contributed by atoms with E-state index in [2.05, 4.69) is 204 Å². The van der Waals surface area contributed by atoms with Crippen LogP contribution in [0, 0.1) is 27.7 Å². The Morgan fingerprint density at radius 3 is 0.929 bits per heavy atom. The van der Waals surface area contributed by atoms with E-state index in [-0.39, 0.29) is 23.7 Å². The summed E-state index contributed by atoms with van der Waals surface area (Å²) in [5, 5.41) is 4.12. The molecule has 0 fully saturated rings. The minimum atomic E-state index is -2.08. The van der Waals surface area contributed by atoms with Crippen molar-refractivity contribution in [2.45, 2.75) is 120 Å². The normalized spacial score (nSPS) is 13.9. The highest BCUT2D eigenvalue weighted by Gasteiger charge is 2.36. The highest BCUT2D eigenvalue weighted by Crippen LogP contribution is 2.57. The topological polar surface area (TPSA) is 55.4 Å². The van der Waals surface area contributed by atoms with Crippen molar-refractivity contribution in [1.82, 2.24) is 0 Å². The van der Waals surface area contributed by atoms with Gasteiger partial charge in [0.05, 0.1) is 0 Å². The number of hydrogen-bond donors (Lipinski definition) is 0. The largest absolute Gasteiger partial charge is 0.530 e. The Morgan fingerprint density at radius 1 is 0.357 bits per heavy atom. The summed E-state index contributed by atoms with van der Waals surface area (Å²) < 4.78 is 43.6. The molecule has 0 N–H and O–H groups in total. The Hall–Kier alpha value is -6.06. The van der Waals surface area contributed by atoms with Crippen molar-refractivity contribution in [1.29, 1.82) is 0 Å². The minimum absolute atomic E-state index is 0.208. The fourth-order valence-electron chi connectivity index (χ4n) is 10.2. The molecule has 2 heterocycles. The fraction of sp³-hybridized carbons (Fsp3) is 0.290. The monoisotopic (exact) mass is 966 g/mol. The maximum Gasteiger partial charge on any atom is 0.530 e. The maximum atomic E-state index is 7.39. The Kier molecular flexibility index (Phi) is 13.1. The first-order chi connectivity index (χ1) is 33.7. The molecule has 358 valence electrons. The van der Waals surface area contributed by atoms with E-state index in [4.69, 9.17) is 27.1 Å². The zero-order valence-electron chi connectivity index (χ0n) is 42.6. The van der Waals surface area contributed by atoms with Gasteiger partial charge in [-0.05, 0) is 130 Å². The molecule has 0 aliphatic carbocycles. The summed E-state index contributed by atoms with van der Waals surface area (Å²) in [5.74, 6) is 5.42. The molecule has 0 aromatic heterocycles. The third-order valence-corrected chi connectivity index (χ3v) is 16.4. The molecular weight excluding hydrogens is 903 g/mol. The summed E-state index contributed by atoms with van der Waals surface area (Å²) in [6.07, 6.45) is 1.40. The lowest BCUT2D eigenvalue weighted by Gasteiger charge is -2.30. The third kappa shape index (κ3) is 8.77.